The van der Waals surface area contributed by atoms with Crippen LogP contribution in [0.1, 0.15) is 28.6 Å². The van der Waals surface area contributed by atoms with Gasteiger partial charge >= 0.3 is 0 Å². The summed E-state index contributed by atoms with van der Waals surface area (Å²) >= 11 is 1.56. The molecule has 4 heteroatoms. The van der Waals surface area contributed by atoms with Gasteiger partial charge in [-0.3, -0.25) is 4.79 Å². The third kappa shape index (κ3) is 2.12. The molecule has 2 aromatic heterocycles. The lowest BCUT2D eigenvalue weighted by Crippen LogP contribution is -2.09. The number of carbonyl (C=O) groups excluding carboxylic acids is 1. The average molecular weight is 282 g/mol. The van der Waals surface area contributed by atoms with E-state index in [9.17, 15) is 4.79 Å². The predicted molar refractivity (Wildman–Crippen MR) is 82.5 cm³/mol. The first-order chi connectivity index (χ1) is 9.79. The lowest BCUT2D eigenvalue weighted by atomic mass is 10.3. The maximum Gasteiger partial charge on any atom is 0.265 e. The summed E-state index contributed by atoms with van der Waals surface area (Å²) in [6, 6.07) is 12.2. The monoisotopic (exact) mass is 282 g/mol. The molecule has 1 aliphatic rings. The van der Waals surface area contributed by atoms with Gasteiger partial charge in [-0.1, -0.05) is 18.2 Å². The number of carbonyl (C=O) groups is 1. The number of aromatic nitrogens is 1. The molecule has 1 N–H and O–H groups in total. The molecule has 20 heavy (non-hydrogen) atoms. The third-order valence-corrected chi connectivity index (χ3v) is 4.65. The van der Waals surface area contributed by atoms with Crippen molar-refractivity contribution >= 4 is 33.0 Å². The van der Waals surface area contributed by atoms with E-state index in [2.05, 4.69) is 22.3 Å². The van der Waals surface area contributed by atoms with Crippen molar-refractivity contribution in [1.82, 2.24) is 4.57 Å². The number of nitrogens with one attached hydrogen (secondary N) is 1. The van der Waals surface area contributed by atoms with Crippen LogP contribution >= 0.6 is 11.3 Å². The highest BCUT2D eigenvalue weighted by atomic mass is 32.1. The second-order valence-corrected chi connectivity index (χ2v) is 6.27. The molecule has 0 atom stereocenters. The minimum absolute atomic E-state index is 0.0321. The molecule has 3 nitrogen and oxygen atoms in total. The Morgan fingerprint density at radius 1 is 1.20 bits per heavy atom. The normalized spacial score (nSPS) is 14.6. The van der Waals surface area contributed by atoms with Crippen LogP contribution in [0.2, 0.25) is 0 Å². The predicted octanol–water partition coefficient (Wildman–Crippen LogP) is 4.29. The van der Waals surface area contributed by atoms with Crippen molar-refractivity contribution in [3.8, 4) is 0 Å². The molecule has 3 aromatic rings. The highest BCUT2D eigenvalue weighted by molar-refractivity contribution is 7.20. The Morgan fingerprint density at radius 2 is 2.00 bits per heavy atom. The van der Waals surface area contributed by atoms with E-state index in [-0.39, 0.29) is 5.91 Å². The number of thiophene rings is 1. The zero-order valence-electron chi connectivity index (χ0n) is 10.9. The van der Waals surface area contributed by atoms with Gasteiger partial charge in [-0.25, -0.2) is 0 Å². The van der Waals surface area contributed by atoms with Crippen molar-refractivity contribution in [2.24, 2.45) is 0 Å². The van der Waals surface area contributed by atoms with Crippen LogP contribution in [0.15, 0.2) is 48.8 Å². The van der Waals surface area contributed by atoms with E-state index in [1.165, 1.54) is 22.9 Å². The number of benzene rings is 1. The first-order valence-corrected chi connectivity index (χ1v) is 7.59. The second kappa shape index (κ2) is 4.49. The number of hydrogen-bond acceptors (Lipinski definition) is 2. The zero-order valence-corrected chi connectivity index (χ0v) is 11.7. The molecule has 1 aliphatic carbocycles. The second-order valence-electron chi connectivity index (χ2n) is 5.19. The minimum atomic E-state index is -0.0321. The van der Waals surface area contributed by atoms with E-state index in [0.717, 1.165) is 10.6 Å². The Bertz CT molecular complexity index is 737. The number of amides is 1. The first kappa shape index (κ1) is 11.7. The Hall–Kier alpha value is -2.07. The molecule has 0 saturated heterocycles. The molecular weight excluding hydrogens is 268 g/mol. The highest BCUT2D eigenvalue weighted by Crippen LogP contribution is 2.38. The quantitative estimate of drug-likeness (QED) is 0.764. The molecule has 1 saturated carbocycles. The van der Waals surface area contributed by atoms with Gasteiger partial charge in [-0.15, -0.1) is 11.3 Å². The standard InChI is InChI=1S/C16H14N2OS/c19-16(17-12-4-2-1-3-5-12)14-8-11-9-18(13-6-7-13)10-15(11)20-14/h1-5,8-10,13H,6-7H2,(H,17,19). The van der Waals surface area contributed by atoms with Crippen LogP contribution in [-0.2, 0) is 0 Å². The van der Waals surface area contributed by atoms with Crippen molar-refractivity contribution in [3.63, 3.8) is 0 Å². The summed E-state index contributed by atoms with van der Waals surface area (Å²) < 4.78 is 3.47. The number of nitrogens with zero attached hydrogens (tertiary/aromatic N) is 1. The summed E-state index contributed by atoms with van der Waals surface area (Å²) in [5.41, 5.74) is 0.832. The Kier molecular flexibility index (Phi) is 2.63. The van der Waals surface area contributed by atoms with Gasteiger partial charge in [0.25, 0.3) is 5.91 Å². The van der Waals surface area contributed by atoms with E-state index >= 15 is 0 Å². The largest absolute Gasteiger partial charge is 0.349 e. The molecule has 1 fully saturated rings. The smallest absolute Gasteiger partial charge is 0.265 e. The number of fused-ring (bicyclic) bond motifs is 1. The Balaban J connectivity index is 1.58. The van der Waals surface area contributed by atoms with Crippen LogP contribution < -0.4 is 5.32 Å². The van der Waals surface area contributed by atoms with Crippen molar-refractivity contribution in [2.45, 2.75) is 18.9 Å². The molecule has 0 bridgehead atoms. The maximum absolute atomic E-state index is 12.2. The number of hydrogen-bond donors (Lipinski definition) is 1. The summed E-state index contributed by atoms with van der Waals surface area (Å²) in [4.78, 5) is 13.0. The summed E-state index contributed by atoms with van der Waals surface area (Å²) in [6.07, 6.45) is 6.88. The van der Waals surface area contributed by atoms with Gasteiger partial charge in [0.2, 0.25) is 0 Å². The maximum atomic E-state index is 12.2. The van der Waals surface area contributed by atoms with Crippen molar-refractivity contribution < 1.29 is 4.79 Å². The molecule has 100 valence electrons. The van der Waals surface area contributed by atoms with Gasteiger partial charge in [-0.05, 0) is 31.0 Å². The van der Waals surface area contributed by atoms with Crippen LogP contribution in [0.25, 0.3) is 10.1 Å². The average Bonchev–Trinajstić information content (AvgIpc) is 3.10. The number of para-hydroxylation sites is 1. The fourth-order valence-corrected chi connectivity index (χ4v) is 3.33. The molecule has 0 unspecified atom stereocenters. The van der Waals surface area contributed by atoms with Gasteiger partial charge in [0, 0.05) is 29.5 Å². The number of rotatable bonds is 3. The first-order valence-electron chi connectivity index (χ1n) is 6.77. The summed E-state index contributed by atoms with van der Waals surface area (Å²) in [5, 5.41) is 4.09. The lowest BCUT2D eigenvalue weighted by molar-refractivity contribution is 0.103. The van der Waals surface area contributed by atoms with E-state index < -0.39 is 0 Å². The molecule has 4 rings (SSSR count). The topological polar surface area (TPSA) is 34.0 Å². The van der Waals surface area contributed by atoms with Crippen LogP contribution in [0, 0.1) is 0 Å². The summed E-state index contributed by atoms with van der Waals surface area (Å²) in [5.74, 6) is -0.0321. The van der Waals surface area contributed by atoms with Crippen molar-refractivity contribution in [2.75, 3.05) is 5.32 Å². The van der Waals surface area contributed by atoms with Crippen molar-refractivity contribution in [3.05, 3.63) is 53.7 Å². The van der Waals surface area contributed by atoms with E-state index in [4.69, 9.17) is 0 Å². The molecule has 0 spiro atoms. The minimum Gasteiger partial charge on any atom is -0.349 e. The summed E-state index contributed by atoms with van der Waals surface area (Å²) in [6.45, 7) is 0. The lowest BCUT2D eigenvalue weighted by Gasteiger charge is -2.02. The molecular formula is C16H14N2OS. The van der Waals surface area contributed by atoms with Gasteiger partial charge in [0.15, 0.2) is 0 Å². The van der Waals surface area contributed by atoms with Gasteiger partial charge in [0.05, 0.1) is 9.58 Å². The summed E-state index contributed by atoms with van der Waals surface area (Å²) in [7, 11) is 0. The fourth-order valence-electron chi connectivity index (χ4n) is 2.36. The molecule has 2 heterocycles. The Labute approximate surface area is 120 Å². The molecule has 1 aromatic carbocycles. The van der Waals surface area contributed by atoms with Gasteiger partial charge < -0.3 is 9.88 Å². The van der Waals surface area contributed by atoms with E-state index in [1.54, 1.807) is 11.3 Å². The van der Waals surface area contributed by atoms with Gasteiger partial charge in [-0.2, -0.15) is 0 Å². The SMILES string of the molecule is O=C(Nc1ccccc1)c1cc2cn(C3CC3)cc2s1. The highest BCUT2D eigenvalue weighted by Gasteiger charge is 2.24. The third-order valence-electron chi connectivity index (χ3n) is 3.57. The molecule has 0 aliphatic heterocycles. The van der Waals surface area contributed by atoms with E-state index in [1.807, 2.05) is 36.4 Å². The van der Waals surface area contributed by atoms with E-state index in [0.29, 0.717) is 6.04 Å². The molecule has 1 amide bonds. The molecule has 0 radical (unpaired) electrons. The van der Waals surface area contributed by atoms with Crippen LogP contribution in [0.4, 0.5) is 5.69 Å². The van der Waals surface area contributed by atoms with Crippen LogP contribution in [-0.4, -0.2) is 10.5 Å². The fraction of sp³-hybridized carbons (Fsp3) is 0.188. The van der Waals surface area contributed by atoms with Crippen molar-refractivity contribution in [1.29, 1.82) is 0 Å². The Morgan fingerprint density at radius 3 is 2.70 bits per heavy atom. The number of anilines is 1. The van der Waals surface area contributed by atoms with Crippen LogP contribution in [0.5, 0.6) is 0 Å². The van der Waals surface area contributed by atoms with Crippen LogP contribution in [0.3, 0.4) is 0 Å². The van der Waals surface area contributed by atoms with Gasteiger partial charge in [0.1, 0.15) is 0 Å². The zero-order chi connectivity index (χ0) is 13.5.